The summed E-state index contributed by atoms with van der Waals surface area (Å²) in [7, 11) is 0. The standard InChI is InChI=1S/C21H17FN4O3/c1-21(14-7-9-15(22)10-8-14)19(28)26(20(29)25-21)12-17(27)24-16-6-2-4-13-5-3-11-23-18(13)16/h2-11H,12H2,1H3,(H,24,27)(H,25,29). The fraction of sp³-hybridized carbons (Fsp3) is 0.143. The van der Waals surface area contributed by atoms with E-state index >= 15 is 0 Å². The van der Waals surface area contributed by atoms with Crippen molar-refractivity contribution in [3.8, 4) is 0 Å². The van der Waals surface area contributed by atoms with Crippen molar-refractivity contribution in [2.75, 3.05) is 11.9 Å². The van der Waals surface area contributed by atoms with Crippen molar-refractivity contribution in [1.82, 2.24) is 15.2 Å². The summed E-state index contributed by atoms with van der Waals surface area (Å²) in [5.74, 6) is -1.57. The number of nitrogens with one attached hydrogen (secondary N) is 2. The zero-order valence-corrected chi connectivity index (χ0v) is 15.5. The highest BCUT2D eigenvalue weighted by atomic mass is 19.1. The van der Waals surface area contributed by atoms with Crippen molar-refractivity contribution >= 4 is 34.4 Å². The average molecular weight is 392 g/mol. The zero-order chi connectivity index (χ0) is 20.6. The van der Waals surface area contributed by atoms with Gasteiger partial charge < -0.3 is 10.6 Å². The van der Waals surface area contributed by atoms with Crippen molar-refractivity contribution in [2.24, 2.45) is 0 Å². The number of para-hydroxylation sites is 1. The maximum Gasteiger partial charge on any atom is 0.325 e. The van der Waals surface area contributed by atoms with Crippen LogP contribution >= 0.6 is 0 Å². The van der Waals surface area contributed by atoms with Gasteiger partial charge in [-0.1, -0.05) is 30.3 Å². The van der Waals surface area contributed by atoms with Gasteiger partial charge in [0.05, 0.1) is 11.2 Å². The van der Waals surface area contributed by atoms with Gasteiger partial charge in [0.1, 0.15) is 17.9 Å². The van der Waals surface area contributed by atoms with E-state index in [4.69, 9.17) is 0 Å². The molecule has 29 heavy (non-hydrogen) atoms. The van der Waals surface area contributed by atoms with Crippen LogP contribution < -0.4 is 10.6 Å². The number of urea groups is 1. The Kier molecular flexibility index (Phi) is 4.46. The second-order valence-electron chi connectivity index (χ2n) is 6.88. The van der Waals surface area contributed by atoms with E-state index in [2.05, 4.69) is 15.6 Å². The Morgan fingerprint density at radius 1 is 1.14 bits per heavy atom. The number of pyridine rings is 1. The monoisotopic (exact) mass is 392 g/mol. The Balaban J connectivity index is 1.53. The molecule has 2 N–H and O–H groups in total. The number of benzene rings is 2. The van der Waals surface area contributed by atoms with E-state index in [1.54, 1.807) is 24.4 Å². The molecule has 1 aromatic heterocycles. The second kappa shape index (κ2) is 6.97. The number of halogens is 1. The van der Waals surface area contributed by atoms with Crippen LogP contribution in [0.4, 0.5) is 14.9 Å². The third-order valence-electron chi connectivity index (χ3n) is 4.91. The number of carbonyl (C=O) groups is 3. The molecule has 0 saturated carbocycles. The van der Waals surface area contributed by atoms with Crippen LogP contribution in [-0.4, -0.2) is 34.3 Å². The summed E-state index contributed by atoms with van der Waals surface area (Å²) >= 11 is 0. The minimum atomic E-state index is -1.37. The number of fused-ring (bicyclic) bond motifs is 1. The molecule has 1 atom stereocenters. The van der Waals surface area contributed by atoms with Gasteiger partial charge in [0, 0.05) is 11.6 Å². The largest absolute Gasteiger partial charge is 0.325 e. The number of anilines is 1. The molecule has 8 heteroatoms. The first-order valence-corrected chi connectivity index (χ1v) is 8.92. The Hall–Kier alpha value is -3.81. The topological polar surface area (TPSA) is 91.4 Å². The molecule has 2 heterocycles. The van der Waals surface area contributed by atoms with E-state index in [-0.39, 0.29) is 0 Å². The number of hydrogen-bond acceptors (Lipinski definition) is 4. The predicted octanol–water partition coefficient (Wildman–Crippen LogP) is 2.78. The molecular weight excluding hydrogens is 375 g/mol. The van der Waals surface area contributed by atoms with Crippen LogP contribution in [0.3, 0.4) is 0 Å². The Labute approximate surface area is 165 Å². The lowest BCUT2D eigenvalue weighted by atomic mass is 9.92. The maximum atomic E-state index is 13.2. The van der Waals surface area contributed by atoms with Crippen molar-refractivity contribution in [1.29, 1.82) is 0 Å². The first-order chi connectivity index (χ1) is 13.9. The molecule has 1 saturated heterocycles. The van der Waals surface area contributed by atoms with Crippen LogP contribution in [0.2, 0.25) is 0 Å². The maximum absolute atomic E-state index is 13.2. The van der Waals surface area contributed by atoms with Crippen LogP contribution in [0.5, 0.6) is 0 Å². The van der Waals surface area contributed by atoms with Crippen molar-refractivity contribution in [3.05, 3.63) is 72.2 Å². The first-order valence-electron chi connectivity index (χ1n) is 8.92. The van der Waals surface area contributed by atoms with Crippen LogP contribution in [0.15, 0.2) is 60.8 Å². The molecule has 1 aliphatic rings. The van der Waals surface area contributed by atoms with Gasteiger partial charge in [-0.25, -0.2) is 9.18 Å². The van der Waals surface area contributed by atoms with Gasteiger partial charge in [-0.15, -0.1) is 0 Å². The van der Waals surface area contributed by atoms with E-state index in [1.807, 2.05) is 12.1 Å². The van der Waals surface area contributed by atoms with E-state index < -0.39 is 35.7 Å². The molecule has 1 unspecified atom stereocenters. The van der Waals surface area contributed by atoms with E-state index in [9.17, 15) is 18.8 Å². The summed E-state index contributed by atoms with van der Waals surface area (Å²) < 4.78 is 13.2. The van der Waals surface area contributed by atoms with Gasteiger partial charge in [-0.05, 0) is 36.8 Å². The Morgan fingerprint density at radius 2 is 1.86 bits per heavy atom. The minimum absolute atomic E-state index is 0.429. The SMILES string of the molecule is CC1(c2ccc(F)cc2)NC(=O)N(CC(=O)Nc2cccc3cccnc23)C1=O. The van der Waals surface area contributed by atoms with Crippen LogP contribution in [0.25, 0.3) is 10.9 Å². The minimum Gasteiger partial charge on any atom is -0.323 e. The fourth-order valence-corrected chi connectivity index (χ4v) is 3.36. The summed E-state index contributed by atoms with van der Waals surface area (Å²) in [6, 6.07) is 13.6. The summed E-state index contributed by atoms with van der Waals surface area (Å²) in [5.41, 5.74) is 0.156. The molecule has 2 aromatic carbocycles. The predicted molar refractivity (Wildman–Crippen MR) is 104 cm³/mol. The normalized spacial score (nSPS) is 18.8. The number of imide groups is 1. The summed E-state index contributed by atoms with van der Waals surface area (Å²) in [4.78, 5) is 42.9. The molecule has 3 aromatic rings. The van der Waals surface area contributed by atoms with E-state index in [0.717, 1.165) is 10.3 Å². The summed E-state index contributed by atoms with van der Waals surface area (Å²) in [5, 5.41) is 6.14. The molecule has 1 fully saturated rings. The Morgan fingerprint density at radius 3 is 2.62 bits per heavy atom. The van der Waals surface area contributed by atoms with Gasteiger partial charge in [0.15, 0.2) is 0 Å². The highest BCUT2D eigenvalue weighted by molar-refractivity contribution is 6.11. The number of carbonyl (C=O) groups excluding carboxylic acids is 3. The smallest absolute Gasteiger partial charge is 0.323 e. The molecule has 0 aliphatic carbocycles. The van der Waals surface area contributed by atoms with Crippen molar-refractivity contribution in [2.45, 2.75) is 12.5 Å². The first kappa shape index (κ1) is 18.5. The van der Waals surface area contributed by atoms with Gasteiger partial charge in [-0.2, -0.15) is 0 Å². The molecule has 146 valence electrons. The molecule has 0 radical (unpaired) electrons. The second-order valence-corrected chi connectivity index (χ2v) is 6.88. The molecular formula is C21H17FN4O3. The summed E-state index contributed by atoms with van der Waals surface area (Å²) in [6.45, 7) is 1.07. The average Bonchev–Trinajstić information content (AvgIpc) is 2.92. The van der Waals surface area contributed by atoms with Gasteiger partial charge in [0.25, 0.3) is 5.91 Å². The van der Waals surface area contributed by atoms with E-state index in [0.29, 0.717) is 16.8 Å². The number of aromatic nitrogens is 1. The number of nitrogens with zero attached hydrogens (tertiary/aromatic N) is 2. The van der Waals surface area contributed by atoms with Crippen LogP contribution in [0.1, 0.15) is 12.5 Å². The number of hydrogen-bond donors (Lipinski definition) is 2. The van der Waals surface area contributed by atoms with Crippen LogP contribution in [-0.2, 0) is 15.1 Å². The lowest BCUT2D eigenvalue weighted by Crippen LogP contribution is -2.42. The van der Waals surface area contributed by atoms with Crippen LogP contribution in [0, 0.1) is 5.82 Å². The molecule has 7 nitrogen and oxygen atoms in total. The third kappa shape index (κ3) is 3.29. The number of amides is 4. The fourth-order valence-electron chi connectivity index (χ4n) is 3.36. The van der Waals surface area contributed by atoms with E-state index in [1.165, 1.54) is 31.2 Å². The quantitative estimate of drug-likeness (QED) is 0.668. The molecule has 4 amide bonds. The van der Waals surface area contributed by atoms with Gasteiger partial charge >= 0.3 is 6.03 Å². The third-order valence-corrected chi connectivity index (χ3v) is 4.91. The van der Waals surface area contributed by atoms with Crippen molar-refractivity contribution < 1.29 is 18.8 Å². The van der Waals surface area contributed by atoms with Gasteiger partial charge in [0.2, 0.25) is 5.91 Å². The Bertz CT molecular complexity index is 1130. The zero-order valence-electron chi connectivity index (χ0n) is 15.5. The molecule has 0 bridgehead atoms. The molecule has 1 aliphatic heterocycles. The van der Waals surface area contributed by atoms with Gasteiger partial charge in [-0.3, -0.25) is 19.5 Å². The summed E-state index contributed by atoms with van der Waals surface area (Å²) in [6.07, 6.45) is 1.61. The molecule has 4 rings (SSSR count). The van der Waals surface area contributed by atoms with Crippen molar-refractivity contribution in [3.63, 3.8) is 0 Å². The lowest BCUT2D eigenvalue weighted by molar-refractivity contribution is -0.133. The highest BCUT2D eigenvalue weighted by Gasteiger charge is 2.49. The molecule has 0 spiro atoms. The highest BCUT2D eigenvalue weighted by Crippen LogP contribution is 2.29. The number of rotatable bonds is 4. The lowest BCUT2D eigenvalue weighted by Gasteiger charge is -2.22.